The van der Waals surface area contributed by atoms with Crippen molar-refractivity contribution in [3.05, 3.63) is 58.0 Å². The van der Waals surface area contributed by atoms with Gasteiger partial charge in [-0.1, -0.05) is 13.3 Å². The first kappa shape index (κ1) is 15.1. The Kier molecular flexibility index (Phi) is 3.78. The Bertz CT molecular complexity index is 944. The quantitative estimate of drug-likeness (QED) is 0.767. The summed E-state index contributed by atoms with van der Waals surface area (Å²) in [7, 11) is 0. The van der Waals surface area contributed by atoms with Gasteiger partial charge in [-0.3, -0.25) is 4.79 Å². The molecule has 4 nitrogen and oxygen atoms in total. The fraction of sp³-hybridized carbons (Fsp3) is 0.167. The second-order valence-electron chi connectivity index (χ2n) is 5.34. The zero-order valence-electron chi connectivity index (χ0n) is 12.5. The minimum absolute atomic E-state index is 0.0179. The molecule has 0 atom stereocenters. The highest BCUT2D eigenvalue weighted by molar-refractivity contribution is 5.81. The van der Waals surface area contributed by atoms with Crippen LogP contribution in [0.1, 0.15) is 18.9 Å². The van der Waals surface area contributed by atoms with Gasteiger partial charge in [0.1, 0.15) is 17.1 Å². The van der Waals surface area contributed by atoms with Crippen molar-refractivity contribution in [3.8, 4) is 22.8 Å². The van der Waals surface area contributed by atoms with Crippen molar-refractivity contribution < 1.29 is 19.0 Å². The lowest BCUT2D eigenvalue weighted by Crippen LogP contribution is -2.11. The molecule has 0 unspecified atom stereocenters. The Morgan fingerprint density at radius 3 is 2.61 bits per heavy atom. The van der Waals surface area contributed by atoms with Crippen molar-refractivity contribution in [2.45, 2.75) is 19.8 Å². The first-order valence-corrected chi connectivity index (χ1v) is 7.29. The lowest BCUT2D eigenvalue weighted by Gasteiger charge is -2.10. The Hall–Kier alpha value is -2.82. The summed E-state index contributed by atoms with van der Waals surface area (Å²) in [6.45, 7) is 1.92. The van der Waals surface area contributed by atoms with Gasteiger partial charge >= 0.3 is 0 Å². The maximum Gasteiger partial charge on any atom is 0.196 e. The lowest BCUT2D eigenvalue weighted by atomic mass is 10.0. The maximum absolute atomic E-state index is 13.6. The summed E-state index contributed by atoms with van der Waals surface area (Å²) in [5.74, 6) is -0.970. The van der Waals surface area contributed by atoms with Gasteiger partial charge < -0.3 is 14.6 Å². The summed E-state index contributed by atoms with van der Waals surface area (Å²) in [5.41, 5.74) is 0.884. The molecular weight excluding hydrogens is 299 g/mol. The molecule has 0 saturated heterocycles. The summed E-state index contributed by atoms with van der Waals surface area (Å²) < 4.78 is 19.4. The first-order chi connectivity index (χ1) is 11.0. The maximum atomic E-state index is 13.6. The molecule has 0 amide bonds. The van der Waals surface area contributed by atoms with Crippen LogP contribution in [-0.4, -0.2) is 10.2 Å². The van der Waals surface area contributed by atoms with E-state index in [1.54, 1.807) is 0 Å². The zero-order chi connectivity index (χ0) is 16.6. The van der Waals surface area contributed by atoms with Crippen molar-refractivity contribution in [1.82, 2.24) is 0 Å². The fourth-order valence-electron chi connectivity index (χ4n) is 2.58. The summed E-state index contributed by atoms with van der Waals surface area (Å²) in [4.78, 5) is 12.7. The first-order valence-electron chi connectivity index (χ1n) is 7.29. The molecule has 23 heavy (non-hydrogen) atoms. The topological polar surface area (TPSA) is 70.7 Å². The van der Waals surface area contributed by atoms with E-state index in [9.17, 15) is 19.4 Å². The minimum atomic E-state index is -0.779. The molecule has 2 N–H and O–H groups in total. The second-order valence-corrected chi connectivity index (χ2v) is 5.34. The van der Waals surface area contributed by atoms with Gasteiger partial charge in [0.2, 0.25) is 0 Å². The minimum Gasteiger partial charge on any atom is -0.508 e. The molecule has 1 heterocycles. The Morgan fingerprint density at radius 2 is 1.91 bits per heavy atom. The molecule has 3 rings (SSSR count). The van der Waals surface area contributed by atoms with Crippen LogP contribution in [-0.2, 0) is 6.42 Å². The van der Waals surface area contributed by atoms with Crippen molar-refractivity contribution in [2.24, 2.45) is 0 Å². The van der Waals surface area contributed by atoms with Crippen LogP contribution in [0.25, 0.3) is 22.3 Å². The summed E-state index contributed by atoms with van der Waals surface area (Å²) >= 11 is 0. The number of aromatic hydroxyl groups is 2. The highest BCUT2D eigenvalue weighted by Crippen LogP contribution is 2.30. The van der Waals surface area contributed by atoms with Gasteiger partial charge in [0, 0.05) is 11.1 Å². The average molecular weight is 314 g/mol. The van der Waals surface area contributed by atoms with E-state index >= 15 is 0 Å². The Balaban J connectivity index is 2.34. The van der Waals surface area contributed by atoms with E-state index in [0.717, 1.165) is 6.07 Å². The monoisotopic (exact) mass is 314 g/mol. The molecule has 1 aromatic heterocycles. The highest BCUT2D eigenvalue weighted by Gasteiger charge is 2.17. The van der Waals surface area contributed by atoms with E-state index in [1.807, 2.05) is 6.92 Å². The molecule has 118 valence electrons. The average Bonchev–Trinajstić information content (AvgIpc) is 2.53. The SMILES string of the molecule is CCCc1c(-c2ccc(O)c(F)c2)oc2ccc(O)cc2c1=O. The molecule has 3 aromatic rings. The molecule has 2 aromatic carbocycles. The molecule has 0 fully saturated rings. The number of hydrogen-bond donors (Lipinski definition) is 2. The van der Waals surface area contributed by atoms with Crippen LogP contribution in [0, 0.1) is 5.82 Å². The third-order valence-corrected chi connectivity index (χ3v) is 3.68. The fourth-order valence-corrected chi connectivity index (χ4v) is 2.58. The van der Waals surface area contributed by atoms with Crippen LogP contribution in [0.3, 0.4) is 0 Å². The van der Waals surface area contributed by atoms with Gasteiger partial charge in [-0.05, 0) is 42.8 Å². The van der Waals surface area contributed by atoms with Gasteiger partial charge in [0.05, 0.1) is 5.39 Å². The standard InChI is InChI=1S/C18H15FO4/c1-2-3-12-17(22)13-9-11(20)5-7-16(13)23-18(12)10-4-6-15(21)14(19)8-10/h4-9,20-21H,2-3H2,1H3. The largest absolute Gasteiger partial charge is 0.508 e. The van der Waals surface area contributed by atoms with Crippen molar-refractivity contribution in [3.63, 3.8) is 0 Å². The lowest BCUT2D eigenvalue weighted by molar-refractivity contribution is 0.432. The molecule has 0 radical (unpaired) electrons. The summed E-state index contributed by atoms with van der Waals surface area (Å²) in [6, 6.07) is 8.15. The summed E-state index contributed by atoms with van der Waals surface area (Å²) in [5, 5.41) is 19.2. The van der Waals surface area contributed by atoms with Crippen LogP contribution >= 0.6 is 0 Å². The number of fused-ring (bicyclic) bond motifs is 1. The molecule has 0 spiro atoms. The Labute approximate surface area is 131 Å². The van der Waals surface area contributed by atoms with E-state index < -0.39 is 11.6 Å². The predicted octanol–water partition coefficient (Wildman–Crippen LogP) is 3.96. The van der Waals surface area contributed by atoms with Crippen LogP contribution in [0.2, 0.25) is 0 Å². The normalized spacial score (nSPS) is 11.0. The van der Waals surface area contributed by atoms with Gasteiger partial charge in [0.15, 0.2) is 17.0 Å². The van der Waals surface area contributed by atoms with Gasteiger partial charge in [-0.2, -0.15) is 0 Å². The number of phenolic OH excluding ortho intramolecular Hbond substituents is 2. The molecular formula is C18H15FO4. The highest BCUT2D eigenvalue weighted by atomic mass is 19.1. The van der Waals surface area contributed by atoms with Crippen molar-refractivity contribution >= 4 is 11.0 Å². The number of benzene rings is 2. The molecule has 5 heteroatoms. The molecule has 0 saturated carbocycles. The Morgan fingerprint density at radius 1 is 1.13 bits per heavy atom. The smallest absolute Gasteiger partial charge is 0.196 e. The molecule has 0 aliphatic heterocycles. The van der Waals surface area contributed by atoms with E-state index in [-0.39, 0.29) is 22.3 Å². The van der Waals surface area contributed by atoms with Crippen LogP contribution in [0.5, 0.6) is 11.5 Å². The third kappa shape index (κ3) is 2.65. The number of halogens is 1. The molecule has 0 aliphatic carbocycles. The van der Waals surface area contributed by atoms with E-state index in [2.05, 4.69) is 0 Å². The predicted molar refractivity (Wildman–Crippen MR) is 85.2 cm³/mol. The van der Waals surface area contributed by atoms with Gasteiger partial charge in [0.25, 0.3) is 0 Å². The number of phenols is 2. The van der Waals surface area contributed by atoms with E-state index in [0.29, 0.717) is 29.6 Å². The number of rotatable bonds is 3. The third-order valence-electron chi connectivity index (χ3n) is 3.68. The van der Waals surface area contributed by atoms with Crippen LogP contribution in [0.15, 0.2) is 45.6 Å². The van der Waals surface area contributed by atoms with Crippen LogP contribution in [0.4, 0.5) is 4.39 Å². The van der Waals surface area contributed by atoms with Crippen molar-refractivity contribution in [2.75, 3.05) is 0 Å². The second kappa shape index (κ2) is 5.76. The van der Waals surface area contributed by atoms with Crippen molar-refractivity contribution in [1.29, 1.82) is 0 Å². The summed E-state index contributed by atoms with van der Waals surface area (Å²) in [6.07, 6.45) is 1.18. The molecule has 0 bridgehead atoms. The number of hydrogen-bond acceptors (Lipinski definition) is 4. The van der Waals surface area contributed by atoms with Gasteiger partial charge in [-0.25, -0.2) is 4.39 Å². The zero-order valence-corrected chi connectivity index (χ0v) is 12.5. The van der Waals surface area contributed by atoms with Gasteiger partial charge in [-0.15, -0.1) is 0 Å². The molecule has 0 aliphatic rings. The van der Waals surface area contributed by atoms with Crippen LogP contribution < -0.4 is 5.43 Å². The van der Waals surface area contributed by atoms with E-state index in [1.165, 1.54) is 30.3 Å². The van der Waals surface area contributed by atoms with E-state index in [4.69, 9.17) is 4.42 Å².